The van der Waals surface area contributed by atoms with Crippen LogP contribution in [0.1, 0.15) is 38.5 Å². The van der Waals surface area contributed by atoms with Crippen LogP contribution >= 0.6 is 0 Å². The fraction of sp³-hybridized carbons (Fsp3) is 0.467. The van der Waals surface area contributed by atoms with Crippen LogP contribution in [0.4, 0.5) is 4.79 Å². The zero-order valence-electron chi connectivity index (χ0n) is 11.5. The summed E-state index contributed by atoms with van der Waals surface area (Å²) in [7, 11) is 0. The average Bonchev–Trinajstić information content (AvgIpc) is 2.42. The van der Waals surface area contributed by atoms with Crippen molar-refractivity contribution < 1.29 is 19.4 Å². The van der Waals surface area contributed by atoms with Crippen molar-refractivity contribution in [3.8, 4) is 5.75 Å². The van der Waals surface area contributed by atoms with Crippen LogP contribution < -0.4 is 10.1 Å². The lowest BCUT2D eigenvalue weighted by atomic mass is 10.1. The van der Waals surface area contributed by atoms with Crippen molar-refractivity contribution in [1.82, 2.24) is 5.32 Å². The van der Waals surface area contributed by atoms with Gasteiger partial charge in [0.1, 0.15) is 5.75 Å². The molecular formula is C15H21NO4. The summed E-state index contributed by atoms with van der Waals surface area (Å²) in [6.07, 6.45) is 4.27. The maximum Gasteiger partial charge on any atom is 0.412 e. The summed E-state index contributed by atoms with van der Waals surface area (Å²) in [4.78, 5) is 21.7. The van der Waals surface area contributed by atoms with Crippen LogP contribution in [0.15, 0.2) is 30.3 Å². The van der Waals surface area contributed by atoms with Crippen LogP contribution in [0.25, 0.3) is 0 Å². The quantitative estimate of drug-likeness (QED) is 0.681. The van der Waals surface area contributed by atoms with Gasteiger partial charge in [0.25, 0.3) is 0 Å². The Morgan fingerprint density at radius 3 is 2.35 bits per heavy atom. The molecule has 20 heavy (non-hydrogen) atoms. The van der Waals surface area contributed by atoms with E-state index in [-0.39, 0.29) is 6.42 Å². The number of hydrogen-bond acceptors (Lipinski definition) is 3. The number of nitrogens with one attached hydrogen (secondary N) is 1. The number of amides is 1. The second-order valence-corrected chi connectivity index (χ2v) is 4.54. The van der Waals surface area contributed by atoms with Crippen molar-refractivity contribution >= 4 is 12.1 Å². The third kappa shape index (κ3) is 8.13. The monoisotopic (exact) mass is 279 g/mol. The Labute approximate surface area is 118 Å². The number of unbranched alkanes of at least 4 members (excludes halogenated alkanes) is 4. The Morgan fingerprint density at radius 2 is 1.65 bits per heavy atom. The molecule has 0 aliphatic heterocycles. The van der Waals surface area contributed by atoms with Crippen LogP contribution in [0.3, 0.4) is 0 Å². The van der Waals surface area contributed by atoms with E-state index in [1.165, 1.54) is 0 Å². The van der Waals surface area contributed by atoms with Crippen molar-refractivity contribution in [1.29, 1.82) is 0 Å². The molecular weight excluding hydrogens is 258 g/mol. The van der Waals surface area contributed by atoms with Gasteiger partial charge in [0.2, 0.25) is 0 Å². The lowest BCUT2D eigenvalue weighted by molar-refractivity contribution is -0.137. The van der Waals surface area contributed by atoms with Crippen LogP contribution in [0.2, 0.25) is 0 Å². The number of carboxylic acids is 1. The lowest BCUT2D eigenvalue weighted by Gasteiger charge is -2.06. The minimum Gasteiger partial charge on any atom is -0.481 e. The molecule has 0 saturated heterocycles. The summed E-state index contributed by atoms with van der Waals surface area (Å²) >= 11 is 0. The minimum atomic E-state index is -0.740. The molecule has 0 spiro atoms. The van der Waals surface area contributed by atoms with Crippen molar-refractivity contribution in [3.05, 3.63) is 30.3 Å². The summed E-state index contributed by atoms with van der Waals surface area (Å²) < 4.78 is 5.07. The maximum atomic E-state index is 11.4. The highest BCUT2D eigenvalue weighted by molar-refractivity contribution is 5.70. The second-order valence-electron chi connectivity index (χ2n) is 4.54. The van der Waals surface area contributed by atoms with E-state index < -0.39 is 12.1 Å². The van der Waals surface area contributed by atoms with E-state index in [2.05, 4.69) is 5.32 Å². The molecule has 0 fully saturated rings. The van der Waals surface area contributed by atoms with Crippen molar-refractivity contribution in [3.63, 3.8) is 0 Å². The number of rotatable bonds is 9. The molecule has 0 aliphatic rings. The van der Waals surface area contributed by atoms with E-state index in [4.69, 9.17) is 9.84 Å². The fourth-order valence-corrected chi connectivity index (χ4v) is 1.75. The van der Waals surface area contributed by atoms with Gasteiger partial charge in [-0.3, -0.25) is 4.79 Å². The minimum absolute atomic E-state index is 0.238. The first-order chi connectivity index (χ1) is 9.68. The molecule has 1 aromatic carbocycles. The van der Waals surface area contributed by atoms with E-state index in [1.54, 1.807) is 24.3 Å². The number of para-hydroxylation sites is 1. The maximum absolute atomic E-state index is 11.4. The molecule has 0 radical (unpaired) electrons. The number of hydrogen-bond donors (Lipinski definition) is 2. The lowest BCUT2D eigenvalue weighted by Crippen LogP contribution is -2.27. The first kappa shape index (κ1) is 16.0. The predicted octanol–water partition coefficient (Wildman–Crippen LogP) is 3.20. The molecule has 0 unspecified atom stereocenters. The van der Waals surface area contributed by atoms with E-state index in [0.717, 1.165) is 32.1 Å². The Morgan fingerprint density at radius 1 is 1.00 bits per heavy atom. The molecule has 0 atom stereocenters. The number of carbonyl (C=O) groups excluding carboxylic acids is 1. The van der Waals surface area contributed by atoms with Gasteiger partial charge in [-0.2, -0.15) is 0 Å². The molecule has 1 amide bonds. The van der Waals surface area contributed by atoms with Gasteiger partial charge in [0, 0.05) is 13.0 Å². The smallest absolute Gasteiger partial charge is 0.412 e. The van der Waals surface area contributed by atoms with Gasteiger partial charge in [-0.1, -0.05) is 37.5 Å². The van der Waals surface area contributed by atoms with Crippen molar-refractivity contribution in [2.24, 2.45) is 0 Å². The van der Waals surface area contributed by atoms with Crippen molar-refractivity contribution in [2.75, 3.05) is 6.54 Å². The normalized spacial score (nSPS) is 10.0. The number of benzene rings is 1. The highest BCUT2D eigenvalue weighted by atomic mass is 16.6. The molecule has 0 aromatic heterocycles. The zero-order valence-corrected chi connectivity index (χ0v) is 11.5. The van der Waals surface area contributed by atoms with Crippen LogP contribution in [0.5, 0.6) is 5.75 Å². The molecule has 5 nitrogen and oxygen atoms in total. The third-order valence-corrected chi connectivity index (χ3v) is 2.79. The topological polar surface area (TPSA) is 75.6 Å². The van der Waals surface area contributed by atoms with Crippen LogP contribution in [-0.2, 0) is 4.79 Å². The summed E-state index contributed by atoms with van der Waals surface area (Å²) in [5, 5.41) is 11.2. The number of aliphatic carboxylic acids is 1. The molecule has 1 rings (SSSR count). The largest absolute Gasteiger partial charge is 0.481 e. The van der Waals surface area contributed by atoms with E-state index in [1.807, 2.05) is 6.07 Å². The number of ether oxygens (including phenoxy) is 1. The summed E-state index contributed by atoms with van der Waals surface area (Å²) in [5.41, 5.74) is 0. The fourth-order valence-electron chi connectivity index (χ4n) is 1.75. The van der Waals surface area contributed by atoms with E-state index in [9.17, 15) is 9.59 Å². The van der Waals surface area contributed by atoms with Gasteiger partial charge >= 0.3 is 12.1 Å². The Bertz CT molecular complexity index is 406. The third-order valence-electron chi connectivity index (χ3n) is 2.79. The highest BCUT2D eigenvalue weighted by Crippen LogP contribution is 2.08. The molecule has 0 saturated carbocycles. The van der Waals surface area contributed by atoms with Gasteiger partial charge in [0.05, 0.1) is 0 Å². The number of carbonyl (C=O) groups is 2. The van der Waals surface area contributed by atoms with Gasteiger partial charge in [-0.05, 0) is 25.0 Å². The van der Waals surface area contributed by atoms with E-state index >= 15 is 0 Å². The SMILES string of the molecule is O=C(O)CCCCCCCNC(=O)Oc1ccccc1. The molecule has 0 heterocycles. The molecule has 2 N–H and O–H groups in total. The number of carboxylic acid groups (broad SMARTS) is 1. The molecule has 0 aliphatic carbocycles. The van der Waals surface area contributed by atoms with Gasteiger partial charge in [-0.25, -0.2) is 4.79 Å². The zero-order chi connectivity index (χ0) is 14.6. The van der Waals surface area contributed by atoms with Gasteiger partial charge in [0.15, 0.2) is 0 Å². The summed E-state index contributed by atoms with van der Waals surface area (Å²) in [5.74, 6) is -0.214. The Kier molecular flexibility index (Phi) is 7.87. The first-order valence-electron chi connectivity index (χ1n) is 6.91. The molecule has 5 heteroatoms. The van der Waals surface area contributed by atoms with Gasteiger partial charge < -0.3 is 15.2 Å². The second kappa shape index (κ2) is 9.83. The van der Waals surface area contributed by atoms with Crippen molar-refractivity contribution in [2.45, 2.75) is 38.5 Å². The molecule has 110 valence electrons. The predicted molar refractivity (Wildman–Crippen MR) is 75.8 cm³/mol. The highest BCUT2D eigenvalue weighted by Gasteiger charge is 2.02. The summed E-state index contributed by atoms with van der Waals surface area (Å²) in [6.45, 7) is 0.574. The average molecular weight is 279 g/mol. The summed E-state index contributed by atoms with van der Waals surface area (Å²) in [6, 6.07) is 8.92. The first-order valence-corrected chi connectivity index (χ1v) is 6.91. The van der Waals surface area contributed by atoms with Gasteiger partial charge in [-0.15, -0.1) is 0 Å². The Balaban J connectivity index is 1.96. The van der Waals surface area contributed by atoms with E-state index in [0.29, 0.717) is 12.3 Å². The molecule has 0 bridgehead atoms. The van der Waals surface area contributed by atoms with Crippen LogP contribution in [0, 0.1) is 0 Å². The van der Waals surface area contributed by atoms with Crippen LogP contribution in [-0.4, -0.2) is 23.7 Å². The standard InChI is InChI=1S/C15H21NO4/c17-14(18)11-7-2-1-3-8-12-16-15(19)20-13-9-5-4-6-10-13/h4-6,9-10H,1-3,7-8,11-12H2,(H,16,19)(H,17,18). The Hall–Kier alpha value is -2.04. The molecule has 1 aromatic rings.